The number of nitrogens with zero attached hydrogens (tertiary/aromatic N) is 2. The molecule has 1 N–H and O–H groups in total. The van der Waals surface area contributed by atoms with Crippen molar-refractivity contribution in [2.75, 3.05) is 27.2 Å². The molecule has 144 valence electrons. The fraction of sp³-hybridized carbons (Fsp3) is 0.348. The Morgan fingerprint density at radius 1 is 1.22 bits per heavy atom. The van der Waals surface area contributed by atoms with E-state index in [2.05, 4.69) is 62.6 Å². The van der Waals surface area contributed by atoms with Gasteiger partial charge in [-0.1, -0.05) is 36.9 Å². The van der Waals surface area contributed by atoms with Crippen molar-refractivity contribution in [1.82, 2.24) is 10.2 Å². The zero-order valence-electron chi connectivity index (χ0n) is 16.7. The quantitative estimate of drug-likeness (QED) is 0.215. The maximum absolute atomic E-state index is 4.84. The van der Waals surface area contributed by atoms with Gasteiger partial charge in [-0.15, -0.1) is 12.6 Å². The van der Waals surface area contributed by atoms with Gasteiger partial charge in [0, 0.05) is 22.7 Å². The summed E-state index contributed by atoms with van der Waals surface area (Å²) in [5, 5.41) is 3.42. The van der Waals surface area contributed by atoms with Gasteiger partial charge < -0.3 is 10.2 Å². The van der Waals surface area contributed by atoms with Crippen LogP contribution in [0.3, 0.4) is 0 Å². The SMILES string of the molecule is C=C(/C=C/c1ccc(S)cc1)NC(=NCCCN(C)C)C1=CCCC=C1C. The summed E-state index contributed by atoms with van der Waals surface area (Å²) < 4.78 is 0. The lowest BCUT2D eigenvalue weighted by atomic mass is 9.98. The highest BCUT2D eigenvalue weighted by atomic mass is 32.1. The highest BCUT2D eigenvalue weighted by Crippen LogP contribution is 2.19. The Morgan fingerprint density at radius 2 is 1.93 bits per heavy atom. The zero-order valence-corrected chi connectivity index (χ0v) is 17.6. The van der Waals surface area contributed by atoms with Crippen LogP contribution >= 0.6 is 12.6 Å². The number of allylic oxidation sites excluding steroid dienone is 3. The Morgan fingerprint density at radius 3 is 2.59 bits per heavy atom. The van der Waals surface area contributed by atoms with Crippen molar-refractivity contribution in [2.45, 2.75) is 31.1 Å². The molecule has 4 heteroatoms. The van der Waals surface area contributed by atoms with Gasteiger partial charge in [0.1, 0.15) is 5.84 Å². The number of rotatable bonds is 8. The van der Waals surface area contributed by atoms with Gasteiger partial charge in [0.15, 0.2) is 0 Å². The van der Waals surface area contributed by atoms with E-state index >= 15 is 0 Å². The molecular formula is C23H31N3S. The predicted molar refractivity (Wildman–Crippen MR) is 122 cm³/mol. The van der Waals surface area contributed by atoms with Gasteiger partial charge in [-0.05, 0) is 76.2 Å². The van der Waals surface area contributed by atoms with Crippen molar-refractivity contribution >= 4 is 24.5 Å². The molecule has 0 bridgehead atoms. The Labute approximate surface area is 169 Å². The molecule has 0 saturated heterocycles. The first-order valence-corrected chi connectivity index (χ1v) is 9.90. The summed E-state index contributed by atoms with van der Waals surface area (Å²) in [6.45, 7) is 8.14. The third kappa shape index (κ3) is 7.61. The van der Waals surface area contributed by atoms with Gasteiger partial charge >= 0.3 is 0 Å². The molecule has 2 rings (SSSR count). The van der Waals surface area contributed by atoms with Crippen LogP contribution in [0.1, 0.15) is 31.7 Å². The van der Waals surface area contributed by atoms with Crippen LogP contribution in [0.2, 0.25) is 0 Å². The van der Waals surface area contributed by atoms with Crippen molar-refractivity contribution in [3.05, 3.63) is 71.5 Å². The lowest BCUT2D eigenvalue weighted by Crippen LogP contribution is -2.25. The predicted octanol–water partition coefficient (Wildman–Crippen LogP) is 5.11. The summed E-state index contributed by atoms with van der Waals surface area (Å²) in [7, 11) is 4.18. The van der Waals surface area contributed by atoms with E-state index in [0.29, 0.717) is 0 Å². The van der Waals surface area contributed by atoms with Crippen LogP contribution in [0.25, 0.3) is 6.08 Å². The topological polar surface area (TPSA) is 27.6 Å². The third-order valence-electron chi connectivity index (χ3n) is 4.33. The second-order valence-corrected chi connectivity index (χ2v) is 7.56. The second kappa shape index (κ2) is 11.0. The van der Waals surface area contributed by atoms with E-state index in [0.717, 1.165) is 54.3 Å². The summed E-state index contributed by atoms with van der Waals surface area (Å²) in [6.07, 6.45) is 11.8. The van der Waals surface area contributed by atoms with E-state index in [9.17, 15) is 0 Å². The summed E-state index contributed by atoms with van der Waals surface area (Å²) in [4.78, 5) is 7.99. The molecule has 0 amide bonds. The Kier molecular flexibility index (Phi) is 8.62. The number of hydrogen-bond donors (Lipinski definition) is 2. The molecule has 27 heavy (non-hydrogen) atoms. The molecule has 0 saturated carbocycles. The second-order valence-electron chi connectivity index (χ2n) is 7.04. The number of aliphatic imine (C=N–C) groups is 1. The Balaban J connectivity index is 2.07. The largest absolute Gasteiger partial charge is 0.341 e. The third-order valence-corrected chi connectivity index (χ3v) is 4.63. The normalized spacial score (nSPS) is 15.1. The molecule has 0 spiro atoms. The van der Waals surface area contributed by atoms with Crippen molar-refractivity contribution < 1.29 is 0 Å². The first kappa shape index (κ1) is 21.3. The fourth-order valence-corrected chi connectivity index (χ4v) is 2.98. The van der Waals surface area contributed by atoms with E-state index in [1.54, 1.807) is 0 Å². The average molecular weight is 382 g/mol. The molecular weight excluding hydrogens is 350 g/mol. The van der Waals surface area contributed by atoms with Gasteiger partial charge in [0.25, 0.3) is 0 Å². The van der Waals surface area contributed by atoms with Crippen LogP contribution < -0.4 is 5.32 Å². The first-order valence-electron chi connectivity index (χ1n) is 9.45. The maximum atomic E-state index is 4.84. The molecule has 0 unspecified atom stereocenters. The molecule has 0 heterocycles. The number of hydrogen-bond acceptors (Lipinski definition) is 3. The van der Waals surface area contributed by atoms with Crippen LogP contribution in [0, 0.1) is 0 Å². The summed E-state index contributed by atoms with van der Waals surface area (Å²) in [5.74, 6) is 0.919. The van der Waals surface area contributed by atoms with Gasteiger partial charge in [0.05, 0.1) is 0 Å². The minimum atomic E-state index is 0.797. The van der Waals surface area contributed by atoms with Crippen molar-refractivity contribution in [3.63, 3.8) is 0 Å². The minimum Gasteiger partial charge on any atom is -0.341 e. The Hall–Kier alpha value is -2.04. The molecule has 0 radical (unpaired) electrons. The summed E-state index contributed by atoms with van der Waals surface area (Å²) in [5.41, 5.74) is 4.42. The smallest absolute Gasteiger partial charge is 0.132 e. The number of benzene rings is 1. The standard InChI is InChI=1S/C23H31N3S/c1-18-8-5-6-9-22(18)23(24-16-7-17-26(3)4)25-19(2)10-11-20-12-14-21(27)15-13-20/h8-15,27H,2,5-7,16-17H2,1,3-4H3,(H,24,25)/b11-10+. The monoisotopic (exact) mass is 381 g/mol. The zero-order chi connectivity index (χ0) is 19.6. The molecule has 0 aliphatic heterocycles. The van der Waals surface area contributed by atoms with E-state index in [-0.39, 0.29) is 0 Å². The minimum absolute atomic E-state index is 0.797. The van der Waals surface area contributed by atoms with E-state index in [1.165, 1.54) is 11.1 Å². The summed E-state index contributed by atoms with van der Waals surface area (Å²) in [6, 6.07) is 8.05. The van der Waals surface area contributed by atoms with E-state index < -0.39 is 0 Å². The summed E-state index contributed by atoms with van der Waals surface area (Å²) >= 11 is 4.32. The van der Waals surface area contributed by atoms with Gasteiger partial charge in [-0.2, -0.15) is 0 Å². The van der Waals surface area contributed by atoms with E-state index in [4.69, 9.17) is 4.99 Å². The van der Waals surface area contributed by atoms with Crippen LogP contribution in [0.15, 0.2) is 75.8 Å². The molecule has 1 aromatic carbocycles. The lowest BCUT2D eigenvalue weighted by Gasteiger charge is -2.18. The lowest BCUT2D eigenvalue weighted by molar-refractivity contribution is 0.403. The highest BCUT2D eigenvalue weighted by molar-refractivity contribution is 7.80. The molecule has 1 aliphatic rings. The van der Waals surface area contributed by atoms with Gasteiger partial charge in [0.2, 0.25) is 0 Å². The fourth-order valence-electron chi connectivity index (χ4n) is 2.83. The molecule has 3 nitrogen and oxygen atoms in total. The van der Waals surface area contributed by atoms with Crippen molar-refractivity contribution in [2.24, 2.45) is 4.99 Å². The molecule has 0 aromatic heterocycles. The molecule has 0 atom stereocenters. The van der Waals surface area contributed by atoms with E-state index in [1.807, 2.05) is 36.4 Å². The van der Waals surface area contributed by atoms with Gasteiger partial charge in [-0.25, -0.2) is 0 Å². The molecule has 0 fully saturated rings. The van der Waals surface area contributed by atoms with Crippen LogP contribution in [-0.2, 0) is 0 Å². The van der Waals surface area contributed by atoms with Crippen LogP contribution in [0.5, 0.6) is 0 Å². The van der Waals surface area contributed by atoms with Crippen LogP contribution in [-0.4, -0.2) is 37.9 Å². The van der Waals surface area contributed by atoms with Crippen molar-refractivity contribution in [1.29, 1.82) is 0 Å². The molecule has 1 aliphatic carbocycles. The number of amidine groups is 1. The highest BCUT2D eigenvalue weighted by Gasteiger charge is 2.12. The van der Waals surface area contributed by atoms with Crippen LogP contribution in [0.4, 0.5) is 0 Å². The van der Waals surface area contributed by atoms with Crippen molar-refractivity contribution in [3.8, 4) is 0 Å². The Bertz CT molecular complexity index is 752. The number of nitrogens with one attached hydrogen (secondary N) is 1. The van der Waals surface area contributed by atoms with Gasteiger partial charge in [-0.3, -0.25) is 4.99 Å². The molecule has 1 aromatic rings. The maximum Gasteiger partial charge on any atom is 0.132 e. The number of thiol groups is 1. The first-order chi connectivity index (χ1) is 13.0. The average Bonchev–Trinajstić information content (AvgIpc) is 2.64.